The van der Waals surface area contributed by atoms with Gasteiger partial charge in [0.05, 0.1) is 19.1 Å². The number of carbonyl (C=O) groups excluding carboxylic acids is 1. The van der Waals surface area contributed by atoms with Crippen molar-refractivity contribution in [2.75, 3.05) is 39.4 Å². The van der Waals surface area contributed by atoms with Crippen LogP contribution in [0.4, 0.5) is 0 Å². The van der Waals surface area contributed by atoms with Crippen LogP contribution in [0, 0.1) is 5.92 Å². The van der Waals surface area contributed by atoms with Gasteiger partial charge in [0.1, 0.15) is 0 Å². The highest BCUT2D eigenvalue weighted by molar-refractivity contribution is 7.86. The molecule has 7 nitrogen and oxygen atoms in total. The molecule has 0 aliphatic carbocycles. The first-order valence-electron chi connectivity index (χ1n) is 8.82. The van der Waals surface area contributed by atoms with Crippen LogP contribution in [0.5, 0.6) is 0 Å². The van der Waals surface area contributed by atoms with Gasteiger partial charge in [-0.1, -0.05) is 23.7 Å². The lowest BCUT2D eigenvalue weighted by Crippen LogP contribution is -2.52. The SMILES string of the molecule is O=C(NCc1cccc(Cl)c1)[C@H]1CCCN(S(=O)(=O)N2CCOCC2)C1. The molecule has 1 N–H and O–H groups in total. The summed E-state index contributed by atoms with van der Waals surface area (Å²) < 4.78 is 33.7. The van der Waals surface area contributed by atoms with E-state index < -0.39 is 10.2 Å². The number of hydrogen-bond acceptors (Lipinski definition) is 4. The number of amides is 1. The third kappa shape index (κ3) is 4.75. The summed E-state index contributed by atoms with van der Waals surface area (Å²) in [5.41, 5.74) is 0.916. The van der Waals surface area contributed by atoms with Gasteiger partial charge in [-0.05, 0) is 30.5 Å². The Bertz CT molecular complexity index is 737. The molecule has 144 valence electrons. The second-order valence-corrected chi connectivity index (χ2v) is 8.93. The van der Waals surface area contributed by atoms with Gasteiger partial charge in [-0.25, -0.2) is 0 Å². The molecule has 0 saturated carbocycles. The van der Waals surface area contributed by atoms with Gasteiger partial charge in [0.25, 0.3) is 10.2 Å². The maximum atomic E-state index is 12.8. The first kappa shape index (κ1) is 19.6. The van der Waals surface area contributed by atoms with E-state index in [9.17, 15) is 13.2 Å². The van der Waals surface area contributed by atoms with E-state index in [1.54, 1.807) is 12.1 Å². The van der Waals surface area contributed by atoms with Gasteiger partial charge in [0.2, 0.25) is 5.91 Å². The van der Waals surface area contributed by atoms with Crippen molar-refractivity contribution in [3.63, 3.8) is 0 Å². The third-order valence-corrected chi connectivity index (χ3v) is 6.97. The van der Waals surface area contributed by atoms with Gasteiger partial charge in [-0.15, -0.1) is 0 Å². The second-order valence-electron chi connectivity index (χ2n) is 6.56. The highest BCUT2D eigenvalue weighted by Crippen LogP contribution is 2.22. The summed E-state index contributed by atoms with van der Waals surface area (Å²) in [6.45, 7) is 2.62. The molecule has 2 saturated heterocycles. The van der Waals surface area contributed by atoms with Crippen molar-refractivity contribution in [1.82, 2.24) is 13.9 Å². The summed E-state index contributed by atoms with van der Waals surface area (Å²) in [6.07, 6.45) is 1.37. The van der Waals surface area contributed by atoms with E-state index in [1.165, 1.54) is 8.61 Å². The fraction of sp³-hybridized carbons (Fsp3) is 0.588. The van der Waals surface area contributed by atoms with Crippen molar-refractivity contribution in [1.29, 1.82) is 0 Å². The molecule has 0 aromatic heterocycles. The Morgan fingerprint density at radius 1 is 1.23 bits per heavy atom. The minimum Gasteiger partial charge on any atom is -0.379 e. The Hall–Kier alpha value is -1.19. The highest BCUT2D eigenvalue weighted by Gasteiger charge is 2.36. The molecule has 2 aliphatic rings. The number of halogens is 1. The van der Waals surface area contributed by atoms with Gasteiger partial charge < -0.3 is 10.1 Å². The summed E-state index contributed by atoms with van der Waals surface area (Å²) >= 11 is 5.95. The van der Waals surface area contributed by atoms with Crippen molar-refractivity contribution in [3.8, 4) is 0 Å². The van der Waals surface area contributed by atoms with Gasteiger partial charge >= 0.3 is 0 Å². The van der Waals surface area contributed by atoms with Crippen LogP contribution in [0.25, 0.3) is 0 Å². The molecular weight excluding hydrogens is 378 g/mol. The Morgan fingerprint density at radius 2 is 2.00 bits per heavy atom. The maximum Gasteiger partial charge on any atom is 0.282 e. The molecule has 0 spiro atoms. The monoisotopic (exact) mass is 401 g/mol. The van der Waals surface area contributed by atoms with E-state index in [1.807, 2.05) is 12.1 Å². The predicted octanol–water partition coefficient (Wildman–Crippen LogP) is 1.25. The van der Waals surface area contributed by atoms with Crippen LogP contribution in [0.3, 0.4) is 0 Å². The molecule has 1 aromatic rings. The molecule has 26 heavy (non-hydrogen) atoms. The van der Waals surface area contributed by atoms with Crippen molar-refractivity contribution < 1.29 is 17.9 Å². The first-order valence-corrected chi connectivity index (χ1v) is 10.6. The number of nitrogens with zero attached hydrogens (tertiary/aromatic N) is 2. The fourth-order valence-electron chi connectivity index (χ4n) is 3.29. The molecule has 2 heterocycles. The molecule has 1 amide bonds. The van der Waals surface area contributed by atoms with Gasteiger partial charge in [-0.2, -0.15) is 17.0 Å². The number of morpholine rings is 1. The summed E-state index contributed by atoms with van der Waals surface area (Å²) in [6, 6.07) is 7.31. The Morgan fingerprint density at radius 3 is 2.73 bits per heavy atom. The molecule has 2 fully saturated rings. The van der Waals surface area contributed by atoms with Crippen LogP contribution in [-0.4, -0.2) is 62.3 Å². The van der Waals surface area contributed by atoms with Crippen molar-refractivity contribution in [2.45, 2.75) is 19.4 Å². The molecule has 1 aromatic carbocycles. The van der Waals surface area contributed by atoms with E-state index in [-0.39, 0.29) is 18.4 Å². The van der Waals surface area contributed by atoms with Crippen LogP contribution >= 0.6 is 11.6 Å². The summed E-state index contributed by atoms with van der Waals surface area (Å²) in [7, 11) is -3.54. The summed E-state index contributed by atoms with van der Waals surface area (Å²) in [5.74, 6) is -0.453. The fourth-order valence-corrected chi connectivity index (χ4v) is 5.17. The zero-order chi connectivity index (χ0) is 18.6. The molecule has 9 heteroatoms. The standard InChI is InChI=1S/C17H24ClN3O4S/c18-16-5-1-3-14(11-16)12-19-17(22)15-4-2-6-21(13-15)26(23,24)20-7-9-25-10-8-20/h1,3,5,11,15H,2,4,6-10,12-13H2,(H,19,22)/t15-/m0/s1. The lowest BCUT2D eigenvalue weighted by atomic mass is 9.99. The number of piperidine rings is 1. The molecular formula is C17H24ClN3O4S. The topological polar surface area (TPSA) is 79.0 Å². The molecule has 0 radical (unpaired) electrons. The first-order chi connectivity index (χ1) is 12.5. The van der Waals surface area contributed by atoms with Crippen molar-refractivity contribution in [3.05, 3.63) is 34.9 Å². The predicted molar refractivity (Wildman–Crippen MR) is 98.9 cm³/mol. The number of benzene rings is 1. The van der Waals surface area contributed by atoms with E-state index >= 15 is 0 Å². The third-order valence-electron chi connectivity index (χ3n) is 4.73. The zero-order valence-electron chi connectivity index (χ0n) is 14.6. The van der Waals surface area contributed by atoms with Crippen molar-refractivity contribution >= 4 is 27.7 Å². The molecule has 0 bridgehead atoms. The van der Waals surface area contributed by atoms with Crippen LogP contribution in [-0.2, 0) is 26.3 Å². The van der Waals surface area contributed by atoms with Crippen LogP contribution in [0.1, 0.15) is 18.4 Å². The van der Waals surface area contributed by atoms with Gasteiger partial charge in [0.15, 0.2) is 0 Å². The second kappa shape index (κ2) is 8.67. The summed E-state index contributed by atoms with van der Waals surface area (Å²) in [5, 5.41) is 3.52. The Labute approximate surface area is 159 Å². The molecule has 1 atom stereocenters. The van der Waals surface area contributed by atoms with Crippen LogP contribution < -0.4 is 5.32 Å². The van der Waals surface area contributed by atoms with Gasteiger partial charge in [0, 0.05) is 37.7 Å². The summed E-state index contributed by atoms with van der Waals surface area (Å²) in [4.78, 5) is 12.5. The van der Waals surface area contributed by atoms with Crippen LogP contribution in [0.2, 0.25) is 5.02 Å². The van der Waals surface area contributed by atoms with E-state index in [4.69, 9.17) is 16.3 Å². The number of nitrogens with one attached hydrogen (secondary N) is 1. The van der Waals surface area contributed by atoms with E-state index in [0.717, 1.165) is 5.56 Å². The molecule has 0 unspecified atom stereocenters. The maximum absolute atomic E-state index is 12.8. The normalized spacial score (nSPS) is 22.9. The lowest BCUT2D eigenvalue weighted by molar-refractivity contribution is -0.126. The zero-order valence-corrected chi connectivity index (χ0v) is 16.1. The molecule has 2 aliphatic heterocycles. The number of hydrogen-bond donors (Lipinski definition) is 1. The largest absolute Gasteiger partial charge is 0.379 e. The van der Waals surface area contributed by atoms with Gasteiger partial charge in [-0.3, -0.25) is 4.79 Å². The van der Waals surface area contributed by atoms with Crippen LogP contribution in [0.15, 0.2) is 24.3 Å². The quantitative estimate of drug-likeness (QED) is 0.805. The average molecular weight is 402 g/mol. The lowest BCUT2D eigenvalue weighted by Gasteiger charge is -2.36. The molecule has 3 rings (SSSR count). The van der Waals surface area contributed by atoms with E-state index in [2.05, 4.69) is 5.32 Å². The Kier molecular flexibility index (Phi) is 6.52. The number of ether oxygens (including phenoxy) is 1. The van der Waals surface area contributed by atoms with E-state index in [0.29, 0.717) is 57.3 Å². The average Bonchev–Trinajstić information content (AvgIpc) is 2.67. The smallest absolute Gasteiger partial charge is 0.282 e. The minimum absolute atomic E-state index is 0.119. The highest BCUT2D eigenvalue weighted by atomic mass is 35.5. The minimum atomic E-state index is -3.54. The van der Waals surface area contributed by atoms with Crippen molar-refractivity contribution in [2.24, 2.45) is 5.92 Å². The number of carbonyl (C=O) groups is 1. The number of rotatable bonds is 5. The Balaban J connectivity index is 1.58.